The van der Waals surface area contributed by atoms with Gasteiger partial charge in [-0.15, -0.1) is 0 Å². The van der Waals surface area contributed by atoms with Crippen molar-refractivity contribution in [1.29, 1.82) is 0 Å². The van der Waals surface area contributed by atoms with Crippen LogP contribution in [0.1, 0.15) is 0 Å². The SMILES string of the molecule is c1ccc(-c2c3ccccc3c(-c3ccc4c(c3)[se]c3c(-c5c6ccccc6c(-c6ccc7oc8cc9ccccc9cc8c7c6)c6ccccc56)cccc34)c3ccccc23)cc1. The van der Waals surface area contributed by atoms with Crippen molar-refractivity contribution in [2.45, 2.75) is 0 Å². The Morgan fingerprint density at radius 3 is 1.34 bits per heavy atom. The Balaban J connectivity index is 0.982. The molecule has 0 unspecified atom stereocenters. The van der Waals surface area contributed by atoms with Gasteiger partial charge in [0.25, 0.3) is 0 Å². The molecule has 14 aromatic rings. The minimum atomic E-state index is 0.0886. The number of hydrogen-bond donors (Lipinski definition) is 0. The number of benzene rings is 12. The Morgan fingerprint density at radius 2 is 0.734 bits per heavy atom. The molecule has 2 heteroatoms. The van der Waals surface area contributed by atoms with Crippen molar-refractivity contribution in [2.24, 2.45) is 0 Å². The predicted molar refractivity (Wildman–Crippen MR) is 275 cm³/mol. The summed E-state index contributed by atoms with van der Waals surface area (Å²) >= 11 is 0.0886. The van der Waals surface area contributed by atoms with Gasteiger partial charge in [-0.25, -0.2) is 0 Å². The standard InChI is InChI=1S/C62H36OSe/c1-2-15-37(16-3-1)58-43-19-6-8-21-45(43)60(46-22-9-7-20-44(46)58)41-29-31-42-51-27-14-28-52(62(51)64-57(42)36-41)61-49-25-12-10-23-47(49)59(48-24-11-13-26-50(48)61)40-30-32-55-53(34-40)54-33-38-17-4-5-18-39(38)35-56(54)63-55/h1-36H. The molecule has 0 aliphatic rings. The third-order valence-electron chi connectivity index (χ3n) is 13.6. The molecule has 0 bridgehead atoms. The summed E-state index contributed by atoms with van der Waals surface area (Å²) in [6, 6.07) is 80.9. The van der Waals surface area contributed by atoms with Crippen LogP contribution < -0.4 is 0 Å². The van der Waals surface area contributed by atoms with Gasteiger partial charge in [0, 0.05) is 0 Å². The molecule has 0 atom stereocenters. The van der Waals surface area contributed by atoms with E-state index in [2.05, 4.69) is 218 Å². The first-order valence-corrected chi connectivity index (χ1v) is 23.7. The van der Waals surface area contributed by atoms with E-state index in [4.69, 9.17) is 4.42 Å². The molecule has 2 aromatic heterocycles. The number of fused-ring (bicyclic) bond motifs is 11. The summed E-state index contributed by atoms with van der Waals surface area (Å²) in [7, 11) is 0. The number of hydrogen-bond acceptors (Lipinski definition) is 1. The Bertz CT molecular complexity index is 4130. The Labute approximate surface area is 374 Å². The fraction of sp³-hybridized carbons (Fsp3) is 0. The van der Waals surface area contributed by atoms with E-state index < -0.39 is 0 Å². The Kier molecular flexibility index (Phi) is 7.77. The molecular weight excluding hydrogens is 840 g/mol. The molecule has 0 N–H and O–H groups in total. The molecule has 0 aliphatic heterocycles. The fourth-order valence-corrected chi connectivity index (χ4v) is 13.5. The van der Waals surface area contributed by atoms with Crippen molar-refractivity contribution in [1.82, 2.24) is 0 Å². The van der Waals surface area contributed by atoms with Gasteiger partial charge < -0.3 is 0 Å². The van der Waals surface area contributed by atoms with Gasteiger partial charge in [-0.1, -0.05) is 24.3 Å². The molecule has 0 saturated carbocycles. The van der Waals surface area contributed by atoms with Crippen LogP contribution in [0.5, 0.6) is 0 Å². The summed E-state index contributed by atoms with van der Waals surface area (Å²) < 4.78 is 9.36. The van der Waals surface area contributed by atoms with E-state index in [1.165, 1.54) is 118 Å². The van der Waals surface area contributed by atoms with Gasteiger partial charge in [0.05, 0.1) is 0 Å². The van der Waals surface area contributed by atoms with Gasteiger partial charge in [-0.2, -0.15) is 0 Å². The van der Waals surface area contributed by atoms with Crippen molar-refractivity contribution in [3.63, 3.8) is 0 Å². The fourth-order valence-electron chi connectivity index (χ4n) is 10.9. The topological polar surface area (TPSA) is 13.1 Å². The van der Waals surface area contributed by atoms with Crippen LogP contribution in [0.25, 0.3) is 140 Å². The van der Waals surface area contributed by atoms with E-state index in [0.717, 1.165) is 21.9 Å². The average molecular weight is 876 g/mol. The van der Waals surface area contributed by atoms with Gasteiger partial charge in [-0.3, -0.25) is 0 Å². The molecule has 0 fully saturated rings. The van der Waals surface area contributed by atoms with E-state index in [9.17, 15) is 0 Å². The van der Waals surface area contributed by atoms with E-state index >= 15 is 0 Å². The second-order valence-electron chi connectivity index (χ2n) is 17.1. The number of rotatable bonds is 4. The zero-order valence-electron chi connectivity index (χ0n) is 34.6. The van der Waals surface area contributed by atoms with Gasteiger partial charge in [0.1, 0.15) is 0 Å². The quantitative estimate of drug-likeness (QED) is 0.127. The molecule has 0 spiro atoms. The molecule has 64 heavy (non-hydrogen) atoms. The van der Waals surface area contributed by atoms with Gasteiger partial charge in [0.2, 0.25) is 0 Å². The maximum atomic E-state index is 6.47. The molecule has 296 valence electrons. The molecule has 2 heterocycles. The summed E-state index contributed by atoms with van der Waals surface area (Å²) in [4.78, 5) is 0. The molecule has 0 aliphatic carbocycles. The van der Waals surface area contributed by atoms with Gasteiger partial charge in [0.15, 0.2) is 0 Å². The molecular formula is C62H36OSe. The van der Waals surface area contributed by atoms with Crippen molar-refractivity contribution >= 4 is 110 Å². The molecule has 12 aromatic carbocycles. The van der Waals surface area contributed by atoms with Crippen molar-refractivity contribution < 1.29 is 4.42 Å². The molecule has 0 radical (unpaired) electrons. The molecule has 0 saturated heterocycles. The summed E-state index contributed by atoms with van der Waals surface area (Å²) in [5, 5.41) is 17.6. The van der Waals surface area contributed by atoms with E-state index in [1.807, 2.05) is 0 Å². The van der Waals surface area contributed by atoms with Gasteiger partial charge >= 0.3 is 347 Å². The van der Waals surface area contributed by atoms with Crippen LogP contribution in [0.4, 0.5) is 0 Å². The molecule has 0 amide bonds. The molecule has 1 nitrogen and oxygen atoms in total. The van der Waals surface area contributed by atoms with E-state index in [1.54, 1.807) is 0 Å². The van der Waals surface area contributed by atoms with Crippen LogP contribution in [-0.4, -0.2) is 14.5 Å². The first kappa shape index (κ1) is 35.8. The first-order valence-electron chi connectivity index (χ1n) is 22.0. The third-order valence-corrected chi connectivity index (χ3v) is 16.1. The molecule has 14 rings (SSSR count). The van der Waals surface area contributed by atoms with E-state index in [-0.39, 0.29) is 14.5 Å². The predicted octanol–water partition coefficient (Wildman–Crippen LogP) is 17.4. The van der Waals surface area contributed by atoms with Gasteiger partial charge in [-0.05, 0) is 5.39 Å². The third kappa shape index (κ3) is 5.25. The average Bonchev–Trinajstić information content (AvgIpc) is 3.91. The minimum absolute atomic E-state index is 0.0886. The maximum absolute atomic E-state index is 6.47. The van der Waals surface area contributed by atoms with Crippen molar-refractivity contribution in [2.75, 3.05) is 0 Å². The Morgan fingerprint density at radius 1 is 0.266 bits per heavy atom. The zero-order chi connectivity index (χ0) is 41.9. The summed E-state index contributed by atoms with van der Waals surface area (Å²) in [5.41, 5.74) is 12.1. The van der Waals surface area contributed by atoms with Crippen LogP contribution in [0.3, 0.4) is 0 Å². The second-order valence-corrected chi connectivity index (χ2v) is 19.3. The zero-order valence-corrected chi connectivity index (χ0v) is 36.3. The van der Waals surface area contributed by atoms with Crippen LogP contribution in [0.2, 0.25) is 0 Å². The van der Waals surface area contributed by atoms with Crippen LogP contribution in [0.15, 0.2) is 223 Å². The monoisotopic (exact) mass is 876 g/mol. The Hall–Kier alpha value is -7.74. The summed E-state index contributed by atoms with van der Waals surface area (Å²) in [6.07, 6.45) is 0. The van der Waals surface area contributed by atoms with Crippen LogP contribution >= 0.6 is 0 Å². The second kappa shape index (κ2) is 13.9. The normalized spacial score (nSPS) is 12.1. The van der Waals surface area contributed by atoms with Crippen LogP contribution in [0, 0.1) is 0 Å². The summed E-state index contributed by atoms with van der Waals surface area (Å²) in [6.45, 7) is 0. The van der Waals surface area contributed by atoms with Crippen LogP contribution in [-0.2, 0) is 0 Å². The van der Waals surface area contributed by atoms with Crippen molar-refractivity contribution in [3.05, 3.63) is 218 Å². The number of furan rings is 1. The van der Waals surface area contributed by atoms with E-state index in [0.29, 0.717) is 0 Å². The van der Waals surface area contributed by atoms with Crippen molar-refractivity contribution in [3.8, 4) is 44.5 Å². The first-order chi connectivity index (χ1) is 31.7. The summed E-state index contributed by atoms with van der Waals surface area (Å²) in [5.74, 6) is 0.